The van der Waals surface area contributed by atoms with Gasteiger partial charge in [-0.3, -0.25) is 9.52 Å². The van der Waals surface area contributed by atoms with E-state index < -0.39 is 15.9 Å². The van der Waals surface area contributed by atoms with Gasteiger partial charge in [0, 0.05) is 16.1 Å². The van der Waals surface area contributed by atoms with Crippen LogP contribution in [0.3, 0.4) is 0 Å². The van der Waals surface area contributed by atoms with Crippen LogP contribution in [0.4, 0.5) is 11.4 Å². The minimum absolute atomic E-state index is 0.0359. The van der Waals surface area contributed by atoms with Crippen molar-refractivity contribution < 1.29 is 13.2 Å². The number of carbonyl (C=O) groups excluding carboxylic acids is 1. The highest BCUT2D eigenvalue weighted by Gasteiger charge is 2.21. The largest absolute Gasteiger partial charge is 0.322 e. The quantitative estimate of drug-likeness (QED) is 0.460. The van der Waals surface area contributed by atoms with Crippen LogP contribution in [-0.4, -0.2) is 20.6 Å². The number of thioether (sulfide) groups is 1. The van der Waals surface area contributed by atoms with E-state index in [1.807, 2.05) is 50.4 Å². The Bertz CT molecular complexity index is 1210. The van der Waals surface area contributed by atoms with Crippen LogP contribution in [-0.2, 0) is 10.0 Å². The lowest BCUT2D eigenvalue weighted by atomic mass is 10.1. The highest BCUT2D eigenvalue weighted by molar-refractivity contribution is 7.98. The van der Waals surface area contributed by atoms with Gasteiger partial charge < -0.3 is 5.32 Å². The highest BCUT2D eigenvalue weighted by Crippen LogP contribution is 2.27. The second-order valence-corrected chi connectivity index (χ2v) is 9.69. The zero-order valence-electron chi connectivity index (χ0n) is 16.7. The molecule has 3 aromatic carbocycles. The predicted molar refractivity (Wildman–Crippen MR) is 124 cm³/mol. The molecule has 0 spiro atoms. The first kappa shape index (κ1) is 22.2. The maximum absolute atomic E-state index is 13.0. The second kappa shape index (κ2) is 9.12. The molecule has 30 heavy (non-hydrogen) atoms. The molecule has 0 bridgehead atoms. The predicted octanol–water partition coefficient (Wildman–Crippen LogP) is 5.73. The van der Waals surface area contributed by atoms with Gasteiger partial charge in [0.15, 0.2) is 0 Å². The van der Waals surface area contributed by atoms with Crippen molar-refractivity contribution in [2.75, 3.05) is 16.3 Å². The van der Waals surface area contributed by atoms with Crippen LogP contribution in [0.15, 0.2) is 70.5 Å². The molecule has 8 heteroatoms. The molecule has 0 aliphatic heterocycles. The lowest BCUT2D eigenvalue weighted by molar-refractivity contribution is 0.102. The second-order valence-electron chi connectivity index (χ2n) is 6.76. The molecule has 1 amide bonds. The van der Waals surface area contributed by atoms with E-state index in [2.05, 4.69) is 10.0 Å². The first-order valence-corrected chi connectivity index (χ1v) is 12.1. The maximum Gasteiger partial charge on any atom is 0.263 e. The van der Waals surface area contributed by atoms with Gasteiger partial charge in [0.05, 0.1) is 10.7 Å². The molecule has 3 rings (SSSR count). The summed E-state index contributed by atoms with van der Waals surface area (Å²) in [5, 5.41) is 2.82. The van der Waals surface area contributed by atoms with E-state index in [0.717, 1.165) is 16.0 Å². The molecule has 0 aliphatic carbocycles. The van der Waals surface area contributed by atoms with Crippen LogP contribution in [0, 0.1) is 13.8 Å². The van der Waals surface area contributed by atoms with Crippen molar-refractivity contribution in [1.29, 1.82) is 0 Å². The van der Waals surface area contributed by atoms with Gasteiger partial charge in [-0.1, -0.05) is 29.8 Å². The van der Waals surface area contributed by atoms with Crippen LogP contribution in [0.5, 0.6) is 0 Å². The maximum atomic E-state index is 13.0. The van der Waals surface area contributed by atoms with Crippen molar-refractivity contribution >= 4 is 50.7 Å². The van der Waals surface area contributed by atoms with Crippen molar-refractivity contribution in [3.8, 4) is 0 Å². The summed E-state index contributed by atoms with van der Waals surface area (Å²) >= 11 is 7.73. The first-order valence-electron chi connectivity index (χ1n) is 9.04. The monoisotopic (exact) mass is 460 g/mol. The standard InChI is InChI=1S/C22H21ClN2O3S2/c1-14-7-8-15(2)20(11-14)25-30(27,28)21-12-16(9-10-19(21)23)22(26)24-17-5-4-6-18(13-17)29-3/h4-13,25H,1-3H3,(H,24,26). The van der Waals surface area contributed by atoms with E-state index >= 15 is 0 Å². The summed E-state index contributed by atoms with van der Waals surface area (Å²) in [4.78, 5) is 13.5. The SMILES string of the molecule is CSc1cccc(NC(=O)c2ccc(Cl)c(S(=O)(=O)Nc3cc(C)ccc3C)c2)c1. The number of amides is 1. The molecule has 0 unspecified atom stereocenters. The Balaban J connectivity index is 1.90. The molecular weight excluding hydrogens is 440 g/mol. The number of aryl methyl sites for hydroxylation is 2. The Kier molecular flexibility index (Phi) is 6.75. The van der Waals surface area contributed by atoms with Gasteiger partial charge >= 0.3 is 0 Å². The summed E-state index contributed by atoms with van der Waals surface area (Å²) in [6.07, 6.45) is 1.94. The molecule has 2 N–H and O–H groups in total. The van der Waals surface area contributed by atoms with Gasteiger partial charge in [-0.2, -0.15) is 0 Å². The summed E-state index contributed by atoms with van der Waals surface area (Å²) in [6, 6.07) is 17.1. The summed E-state index contributed by atoms with van der Waals surface area (Å²) in [5.41, 5.74) is 2.98. The lowest BCUT2D eigenvalue weighted by Crippen LogP contribution is -2.17. The molecule has 0 fully saturated rings. The van der Waals surface area contributed by atoms with Crippen molar-refractivity contribution in [2.24, 2.45) is 0 Å². The third kappa shape index (κ3) is 5.16. The lowest BCUT2D eigenvalue weighted by Gasteiger charge is -2.13. The summed E-state index contributed by atoms with van der Waals surface area (Å²) in [5.74, 6) is -0.423. The van der Waals surface area contributed by atoms with Gasteiger partial charge in [0.2, 0.25) is 0 Å². The molecule has 0 aliphatic rings. The summed E-state index contributed by atoms with van der Waals surface area (Å²) in [7, 11) is -3.99. The Morgan fingerprint density at radius 3 is 2.50 bits per heavy atom. The Morgan fingerprint density at radius 2 is 1.77 bits per heavy atom. The molecule has 0 heterocycles. The Hall–Kier alpha value is -2.48. The van der Waals surface area contributed by atoms with Crippen molar-refractivity contribution in [1.82, 2.24) is 0 Å². The third-order valence-corrected chi connectivity index (χ3v) is 7.02. The minimum Gasteiger partial charge on any atom is -0.322 e. The van der Waals surface area contributed by atoms with Crippen LogP contribution >= 0.6 is 23.4 Å². The first-order chi connectivity index (χ1) is 14.2. The van der Waals surface area contributed by atoms with Crippen molar-refractivity contribution in [3.05, 3.63) is 82.4 Å². The van der Waals surface area contributed by atoms with Gasteiger partial charge in [0.1, 0.15) is 4.90 Å². The van der Waals surface area contributed by atoms with Crippen molar-refractivity contribution in [3.63, 3.8) is 0 Å². The van der Waals surface area contributed by atoms with Crippen LogP contribution in [0.25, 0.3) is 0 Å². The fourth-order valence-corrected chi connectivity index (χ4v) is 4.91. The zero-order valence-corrected chi connectivity index (χ0v) is 19.1. The zero-order chi connectivity index (χ0) is 21.9. The fourth-order valence-electron chi connectivity index (χ4n) is 2.80. The normalized spacial score (nSPS) is 11.2. The highest BCUT2D eigenvalue weighted by atomic mass is 35.5. The number of benzene rings is 3. The Morgan fingerprint density at radius 1 is 1.00 bits per heavy atom. The van der Waals surface area contributed by atoms with Gasteiger partial charge in [-0.05, 0) is 73.7 Å². The van der Waals surface area contributed by atoms with Gasteiger partial charge in [0.25, 0.3) is 15.9 Å². The number of nitrogens with one attached hydrogen (secondary N) is 2. The third-order valence-electron chi connectivity index (χ3n) is 4.45. The average Bonchev–Trinajstić information content (AvgIpc) is 2.70. The molecule has 3 aromatic rings. The number of hydrogen-bond acceptors (Lipinski definition) is 4. The van der Waals surface area contributed by atoms with Crippen molar-refractivity contribution in [2.45, 2.75) is 23.6 Å². The molecular formula is C22H21ClN2O3S2. The topological polar surface area (TPSA) is 75.3 Å². The van der Waals surface area contributed by atoms with Gasteiger partial charge in [-0.25, -0.2) is 8.42 Å². The number of hydrogen-bond donors (Lipinski definition) is 2. The molecule has 156 valence electrons. The number of halogens is 1. The number of sulfonamides is 1. The summed E-state index contributed by atoms with van der Waals surface area (Å²) < 4.78 is 28.5. The molecule has 0 atom stereocenters. The van der Waals surface area contributed by atoms with E-state index in [0.29, 0.717) is 11.4 Å². The Labute approximate surface area is 185 Å². The van der Waals surface area contributed by atoms with E-state index in [-0.39, 0.29) is 15.5 Å². The summed E-state index contributed by atoms with van der Waals surface area (Å²) in [6.45, 7) is 3.69. The number of rotatable bonds is 6. The van der Waals surface area contributed by atoms with Crippen LogP contribution < -0.4 is 10.0 Å². The van der Waals surface area contributed by atoms with E-state index in [9.17, 15) is 13.2 Å². The average molecular weight is 461 g/mol. The molecule has 0 saturated carbocycles. The number of carbonyl (C=O) groups is 1. The molecule has 0 radical (unpaired) electrons. The van der Waals surface area contributed by atoms with E-state index in [4.69, 9.17) is 11.6 Å². The molecule has 0 aromatic heterocycles. The fraction of sp³-hybridized carbons (Fsp3) is 0.136. The van der Waals surface area contributed by atoms with Crippen LogP contribution in [0.1, 0.15) is 21.5 Å². The molecule has 5 nitrogen and oxygen atoms in total. The number of anilines is 2. The van der Waals surface area contributed by atoms with Gasteiger partial charge in [-0.15, -0.1) is 11.8 Å². The van der Waals surface area contributed by atoms with E-state index in [1.165, 1.54) is 18.2 Å². The minimum atomic E-state index is -3.99. The van der Waals surface area contributed by atoms with E-state index in [1.54, 1.807) is 23.9 Å². The smallest absolute Gasteiger partial charge is 0.263 e. The van der Waals surface area contributed by atoms with Crippen LogP contribution in [0.2, 0.25) is 5.02 Å². The molecule has 0 saturated heterocycles.